The summed E-state index contributed by atoms with van der Waals surface area (Å²) in [5.74, 6) is -0.350. The van der Waals surface area contributed by atoms with Gasteiger partial charge in [0.2, 0.25) is 0 Å². The van der Waals surface area contributed by atoms with Crippen LogP contribution in [-0.4, -0.2) is 17.6 Å². The molecule has 1 unspecified atom stereocenters. The number of carboxylic acids is 1. The molecule has 1 aromatic carbocycles. The van der Waals surface area contributed by atoms with Crippen LogP contribution in [0.15, 0.2) is 18.2 Å². The third kappa shape index (κ3) is 9.89. The van der Waals surface area contributed by atoms with Gasteiger partial charge in [0.05, 0.1) is 5.56 Å². The highest BCUT2D eigenvalue weighted by atomic mass is 35.5. The van der Waals surface area contributed by atoms with Crippen molar-refractivity contribution in [3.8, 4) is 0 Å². The molecule has 1 atom stereocenters. The summed E-state index contributed by atoms with van der Waals surface area (Å²) >= 11 is 0. The molecule has 166 valence electrons. The average Bonchev–Trinajstić information content (AvgIpc) is 3.10. The van der Waals surface area contributed by atoms with Gasteiger partial charge in [0.25, 0.3) is 0 Å². The topological polar surface area (TPSA) is 49.3 Å². The lowest BCUT2D eigenvalue weighted by molar-refractivity contribution is 0.0697. The van der Waals surface area contributed by atoms with Crippen LogP contribution in [0.5, 0.6) is 0 Å². The fourth-order valence-corrected chi connectivity index (χ4v) is 4.38. The summed E-state index contributed by atoms with van der Waals surface area (Å²) in [4.78, 5) is 11.2. The average molecular weight is 424 g/mol. The van der Waals surface area contributed by atoms with Crippen molar-refractivity contribution >= 4 is 24.1 Å². The van der Waals surface area contributed by atoms with Gasteiger partial charge in [-0.15, -0.1) is 12.4 Å². The Balaban J connectivity index is 0.00000420. The molecule has 0 bridgehead atoms. The monoisotopic (exact) mass is 423 g/mol. The van der Waals surface area contributed by atoms with Crippen molar-refractivity contribution in [2.45, 2.75) is 109 Å². The van der Waals surface area contributed by atoms with Gasteiger partial charge in [-0.25, -0.2) is 4.79 Å². The second-order valence-electron chi connectivity index (χ2n) is 8.57. The Morgan fingerprint density at radius 3 is 1.93 bits per heavy atom. The lowest BCUT2D eigenvalue weighted by Crippen LogP contribution is -2.02. The maximum absolute atomic E-state index is 11.2. The minimum absolute atomic E-state index is 0. The van der Waals surface area contributed by atoms with Gasteiger partial charge in [-0.05, 0) is 30.2 Å². The van der Waals surface area contributed by atoms with Crippen LogP contribution in [0, 0.1) is 0 Å². The first-order valence-electron chi connectivity index (χ1n) is 11.8. The fourth-order valence-electron chi connectivity index (χ4n) is 4.38. The Bertz CT molecular complexity index is 576. The van der Waals surface area contributed by atoms with Crippen LogP contribution in [0.25, 0.3) is 0 Å². The first-order valence-corrected chi connectivity index (χ1v) is 11.8. The van der Waals surface area contributed by atoms with Crippen molar-refractivity contribution in [3.05, 3.63) is 29.3 Å². The number of nitrogens with one attached hydrogen (secondary N) is 1. The quantitative estimate of drug-likeness (QED) is 0.263. The molecule has 0 aliphatic carbocycles. The number of fused-ring (bicyclic) bond motifs is 1. The lowest BCUT2D eigenvalue weighted by atomic mass is 9.93. The van der Waals surface area contributed by atoms with Crippen molar-refractivity contribution in [3.63, 3.8) is 0 Å². The molecule has 1 aromatic rings. The molecule has 3 nitrogen and oxygen atoms in total. The van der Waals surface area contributed by atoms with Gasteiger partial charge >= 0.3 is 5.97 Å². The lowest BCUT2D eigenvalue weighted by Gasteiger charge is -2.10. The first-order chi connectivity index (χ1) is 13.7. The summed E-state index contributed by atoms with van der Waals surface area (Å²) in [6.07, 6.45) is 20.6. The Labute approximate surface area is 184 Å². The Kier molecular flexibility index (Phi) is 13.9. The van der Waals surface area contributed by atoms with Gasteiger partial charge < -0.3 is 10.4 Å². The van der Waals surface area contributed by atoms with Crippen LogP contribution in [0.4, 0.5) is 5.69 Å². The summed E-state index contributed by atoms with van der Waals surface area (Å²) in [5.41, 5.74) is 2.74. The van der Waals surface area contributed by atoms with Crippen molar-refractivity contribution in [2.75, 3.05) is 11.9 Å². The molecular formula is C25H42ClNO2. The molecule has 0 radical (unpaired) electrons. The molecule has 1 heterocycles. The molecular weight excluding hydrogens is 382 g/mol. The summed E-state index contributed by atoms with van der Waals surface area (Å²) in [6.45, 7) is 3.23. The number of anilines is 1. The second-order valence-corrected chi connectivity index (χ2v) is 8.57. The van der Waals surface area contributed by atoms with E-state index in [0.29, 0.717) is 11.5 Å². The molecule has 2 rings (SSSR count). The second kappa shape index (κ2) is 15.6. The zero-order chi connectivity index (χ0) is 20.0. The molecule has 0 saturated heterocycles. The highest BCUT2D eigenvalue weighted by Crippen LogP contribution is 2.35. The van der Waals surface area contributed by atoms with Crippen LogP contribution in [0.2, 0.25) is 0 Å². The number of benzene rings is 1. The number of aromatic carboxylic acids is 1. The van der Waals surface area contributed by atoms with E-state index in [4.69, 9.17) is 0 Å². The van der Waals surface area contributed by atoms with E-state index in [1.165, 1.54) is 102 Å². The Morgan fingerprint density at radius 1 is 0.897 bits per heavy atom. The number of carbonyl (C=O) groups is 1. The van der Waals surface area contributed by atoms with E-state index >= 15 is 0 Å². The van der Waals surface area contributed by atoms with Gasteiger partial charge in [0, 0.05) is 18.2 Å². The van der Waals surface area contributed by atoms with Crippen molar-refractivity contribution in [1.82, 2.24) is 0 Å². The van der Waals surface area contributed by atoms with Crippen LogP contribution in [0.1, 0.15) is 125 Å². The van der Waals surface area contributed by atoms with Crippen molar-refractivity contribution in [2.24, 2.45) is 0 Å². The summed E-state index contributed by atoms with van der Waals surface area (Å²) in [5, 5.41) is 12.6. The Morgan fingerprint density at radius 2 is 1.41 bits per heavy atom. The standard InChI is InChI=1S/C25H41NO2.ClH/c1-2-3-4-5-6-7-8-9-10-11-12-13-14-15-16-22-20-26-24-18-17-21(25(27)28)19-23(22)24;/h17-19,22,26H,2-16,20H2,1H3,(H,27,28);1H. The maximum Gasteiger partial charge on any atom is 0.335 e. The number of rotatable bonds is 16. The zero-order valence-electron chi connectivity index (χ0n) is 18.4. The SMILES string of the molecule is CCCCCCCCCCCCCCCCC1CNc2ccc(C(=O)O)cc21.Cl. The van der Waals surface area contributed by atoms with Gasteiger partial charge in [0.1, 0.15) is 0 Å². The molecule has 29 heavy (non-hydrogen) atoms. The predicted octanol–water partition coefficient (Wildman–Crippen LogP) is 8.19. The predicted molar refractivity (Wildman–Crippen MR) is 127 cm³/mol. The normalized spacial score (nSPS) is 14.9. The number of unbranched alkanes of at least 4 members (excludes halogenated alkanes) is 13. The summed E-state index contributed by atoms with van der Waals surface area (Å²) < 4.78 is 0. The maximum atomic E-state index is 11.2. The third-order valence-corrected chi connectivity index (χ3v) is 6.18. The summed E-state index contributed by atoms with van der Waals surface area (Å²) in [7, 11) is 0. The van der Waals surface area contributed by atoms with E-state index in [1.807, 2.05) is 12.1 Å². The van der Waals surface area contributed by atoms with Gasteiger partial charge in [-0.3, -0.25) is 0 Å². The number of carboxylic acid groups (broad SMARTS) is 1. The van der Waals surface area contributed by atoms with E-state index in [0.717, 1.165) is 12.2 Å². The molecule has 1 aliphatic rings. The third-order valence-electron chi connectivity index (χ3n) is 6.18. The molecule has 1 aliphatic heterocycles. The highest BCUT2D eigenvalue weighted by Gasteiger charge is 2.22. The van der Waals surface area contributed by atoms with Crippen LogP contribution >= 0.6 is 12.4 Å². The Hall–Kier alpha value is -1.22. The van der Waals surface area contributed by atoms with E-state index in [-0.39, 0.29) is 12.4 Å². The van der Waals surface area contributed by atoms with Gasteiger partial charge in [0.15, 0.2) is 0 Å². The van der Waals surface area contributed by atoms with Crippen molar-refractivity contribution in [1.29, 1.82) is 0 Å². The smallest absolute Gasteiger partial charge is 0.335 e. The minimum atomic E-state index is -0.829. The fraction of sp³-hybridized carbons (Fsp3) is 0.720. The molecule has 0 spiro atoms. The van der Waals surface area contributed by atoms with Crippen LogP contribution in [0.3, 0.4) is 0 Å². The molecule has 0 saturated carbocycles. The van der Waals surface area contributed by atoms with E-state index in [2.05, 4.69) is 12.2 Å². The van der Waals surface area contributed by atoms with Crippen molar-refractivity contribution < 1.29 is 9.90 Å². The molecule has 0 fully saturated rings. The van der Waals surface area contributed by atoms with E-state index in [9.17, 15) is 9.90 Å². The number of hydrogen-bond donors (Lipinski definition) is 2. The zero-order valence-corrected chi connectivity index (χ0v) is 19.2. The van der Waals surface area contributed by atoms with Gasteiger partial charge in [-0.1, -0.05) is 96.8 Å². The summed E-state index contributed by atoms with van der Waals surface area (Å²) in [6, 6.07) is 5.49. The number of hydrogen-bond acceptors (Lipinski definition) is 2. The van der Waals surface area contributed by atoms with E-state index in [1.54, 1.807) is 6.07 Å². The molecule has 0 amide bonds. The number of halogens is 1. The highest BCUT2D eigenvalue weighted by molar-refractivity contribution is 5.89. The molecule has 4 heteroatoms. The minimum Gasteiger partial charge on any atom is -0.478 e. The van der Waals surface area contributed by atoms with Crippen LogP contribution < -0.4 is 5.32 Å². The molecule has 2 N–H and O–H groups in total. The van der Waals surface area contributed by atoms with Gasteiger partial charge in [-0.2, -0.15) is 0 Å². The van der Waals surface area contributed by atoms with Crippen LogP contribution in [-0.2, 0) is 0 Å². The van der Waals surface area contributed by atoms with E-state index < -0.39 is 5.97 Å². The molecule has 0 aromatic heterocycles. The first kappa shape index (κ1) is 25.8. The largest absolute Gasteiger partial charge is 0.478 e.